The Kier molecular flexibility index (Phi) is 7.21. The average Bonchev–Trinajstić information content (AvgIpc) is 2.79. The Bertz CT molecular complexity index is 1220. The maximum absolute atomic E-state index is 14.5. The first kappa shape index (κ1) is 23.0. The number of rotatable bonds is 8. The number of nitrogens with one attached hydrogen (secondary N) is 1. The molecule has 0 aromatic heterocycles. The molecule has 7 nitrogen and oxygen atoms in total. The molecule has 1 N–H and O–H groups in total. The molecule has 0 fully saturated rings. The monoisotopic (exact) mass is 456 g/mol. The van der Waals surface area contributed by atoms with Crippen molar-refractivity contribution in [2.45, 2.75) is 11.8 Å². The largest absolute Gasteiger partial charge is 0.462 e. The number of carbonyl (C=O) groups excluding carboxylic acids is 2. The number of amides is 1. The number of anilines is 2. The predicted octanol–water partition coefficient (Wildman–Crippen LogP) is 3.84. The van der Waals surface area contributed by atoms with Crippen LogP contribution in [-0.2, 0) is 19.6 Å². The summed E-state index contributed by atoms with van der Waals surface area (Å²) in [7, 11) is -4.26. The SMILES string of the molecule is CCOC(=O)c1ccccc1NC(=O)CN(c1ccccc1F)S(=O)(=O)c1ccccc1. The number of hydrogen-bond acceptors (Lipinski definition) is 5. The molecule has 3 rings (SSSR count). The van der Waals surface area contributed by atoms with Crippen LogP contribution in [0.5, 0.6) is 0 Å². The van der Waals surface area contributed by atoms with Crippen LogP contribution in [0.1, 0.15) is 17.3 Å². The molecule has 1 amide bonds. The smallest absolute Gasteiger partial charge is 0.340 e. The van der Waals surface area contributed by atoms with Crippen LogP contribution in [0.2, 0.25) is 0 Å². The fraction of sp³-hybridized carbons (Fsp3) is 0.130. The van der Waals surface area contributed by atoms with Crippen LogP contribution in [0.3, 0.4) is 0 Å². The third kappa shape index (κ3) is 5.12. The summed E-state index contributed by atoms with van der Waals surface area (Å²) in [5.41, 5.74) is -0.00205. The normalized spacial score (nSPS) is 10.9. The minimum atomic E-state index is -4.26. The Morgan fingerprint density at radius 1 is 0.938 bits per heavy atom. The third-order valence-electron chi connectivity index (χ3n) is 4.44. The predicted molar refractivity (Wildman–Crippen MR) is 118 cm³/mol. The Morgan fingerprint density at radius 2 is 1.56 bits per heavy atom. The molecule has 0 heterocycles. The summed E-state index contributed by atoms with van der Waals surface area (Å²) in [6.07, 6.45) is 0. The van der Waals surface area contributed by atoms with Gasteiger partial charge in [0.1, 0.15) is 12.4 Å². The molecule has 0 saturated heterocycles. The van der Waals surface area contributed by atoms with E-state index in [1.54, 1.807) is 25.1 Å². The minimum absolute atomic E-state index is 0.0945. The lowest BCUT2D eigenvalue weighted by Crippen LogP contribution is -2.38. The molecule has 3 aromatic carbocycles. The van der Waals surface area contributed by atoms with Gasteiger partial charge >= 0.3 is 5.97 Å². The summed E-state index contributed by atoms with van der Waals surface area (Å²) in [6.45, 7) is 1.09. The van der Waals surface area contributed by atoms with Crippen LogP contribution in [0.15, 0.2) is 83.8 Å². The number of hydrogen-bond donors (Lipinski definition) is 1. The first-order valence-electron chi connectivity index (χ1n) is 9.73. The maximum atomic E-state index is 14.5. The second-order valence-electron chi connectivity index (χ2n) is 6.59. The van der Waals surface area contributed by atoms with E-state index in [2.05, 4.69) is 5.32 Å². The van der Waals surface area contributed by atoms with E-state index in [0.29, 0.717) is 4.31 Å². The van der Waals surface area contributed by atoms with Gasteiger partial charge in [0.2, 0.25) is 5.91 Å². The van der Waals surface area contributed by atoms with Gasteiger partial charge in [-0.1, -0.05) is 42.5 Å². The van der Waals surface area contributed by atoms with Crippen LogP contribution < -0.4 is 9.62 Å². The fourth-order valence-electron chi connectivity index (χ4n) is 2.97. The highest BCUT2D eigenvalue weighted by molar-refractivity contribution is 7.92. The first-order valence-corrected chi connectivity index (χ1v) is 11.2. The van der Waals surface area contributed by atoms with Gasteiger partial charge in [-0.05, 0) is 43.3 Å². The van der Waals surface area contributed by atoms with Crippen molar-refractivity contribution in [3.63, 3.8) is 0 Å². The van der Waals surface area contributed by atoms with Crippen molar-refractivity contribution >= 4 is 33.3 Å². The lowest BCUT2D eigenvalue weighted by molar-refractivity contribution is -0.114. The summed E-state index contributed by atoms with van der Waals surface area (Å²) in [5, 5.41) is 2.52. The highest BCUT2D eigenvalue weighted by Crippen LogP contribution is 2.26. The van der Waals surface area contributed by atoms with Crippen LogP contribution in [0.4, 0.5) is 15.8 Å². The number of carbonyl (C=O) groups is 2. The molecule has 0 bridgehead atoms. The Hall–Kier alpha value is -3.72. The first-order chi connectivity index (χ1) is 15.3. The topological polar surface area (TPSA) is 92.8 Å². The zero-order chi connectivity index (χ0) is 23.1. The van der Waals surface area contributed by atoms with Crippen molar-refractivity contribution in [3.05, 3.63) is 90.2 Å². The number of nitrogens with zero attached hydrogens (tertiary/aromatic N) is 1. The molecule has 0 aliphatic heterocycles. The van der Waals surface area contributed by atoms with Crippen molar-refractivity contribution in [3.8, 4) is 0 Å². The van der Waals surface area contributed by atoms with E-state index in [9.17, 15) is 22.4 Å². The van der Waals surface area contributed by atoms with Gasteiger partial charge in [-0.25, -0.2) is 17.6 Å². The lowest BCUT2D eigenvalue weighted by Gasteiger charge is -2.24. The molecule has 0 aliphatic carbocycles. The van der Waals surface area contributed by atoms with Crippen molar-refractivity contribution in [2.24, 2.45) is 0 Å². The zero-order valence-corrected chi connectivity index (χ0v) is 18.0. The van der Waals surface area contributed by atoms with E-state index < -0.39 is 34.3 Å². The van der Waals surface area contributed by atoms with Gasteiger partial charge in [0.15, 0.2) is 0 Å². The van der Waals surface area contributed by atoms with Crippen molar-refractivity contribution < 1.29 is 27.1 Å². The third-order valence-corrected chi connectivity index (χ3v) is 6.21. The molecule has 0 aliphatic rings. The van der Waals surface area contributed by atoms with E-state index in [1.807, 2.05) is 0 Å². The van der Waals surface area contributed by atoms with Gasteiger partial charge in [0.25, 0.3) is 10.0 Å². The summed E-state index contributed by atoms with van der Waals surface area (Å²) in [4.78, 5) is 24.9. The standard InChI is InChI=1S/C23H21FN2O5S/c1-2-31-23(28)18-12-6-8-14-20(18)25-22(27)16-26(21-15-9-7-13-19(21)24)32(29,30)17-10-4-3-5-11-17/h3-15H,2,16H2,1H3,(H,25,27). The van der Waals surface area contributed by atoms with Crippen LogP contribution in [-0.4, -0.2) is 33.4 Å². The molecule has 0 unspecified atom stereocenters. The van der Waals surface area contributed by atoms with Crippen molar-refractivity contribution in [1.82, 2.24) is 0 Å². The highest BCUT2D eigenvalue weighted by Gasteiger charge is 2.29. The Balaban J connectivity index is 1.94. The summed E-state index contributed by atoms with van der Waals surface area (Å²) in [6, 6.07) is 18.9. The van der Waals surface area contributed by atoms with Crippen LogP contribution in [0.25, 0.3) is 0 Å². The van der Waals surface area contributed by atoms with Gasteiger partial charge in [0, 0.05) is 0 Å². The summed E-state index contributed by atoms with van der Waals surface area (Å²) >= 11 is 0. The van der Waals surface area contributed by atoms with Crippen LogP contribution >= 0.6 is 0 Å². The number of para-hydroxylation sites is 2. The van der Waals surface area contributed by atoms with Crippen molar-refractivity contribution in [2.75, 3.05) is 22.8 Å². The van der Waals surface area contributed by atoms with Crippen molar-refractivity contribution in [1.29, 1.82) is 0 Å². The van der Waals surface area contributed by atoms with E-state index >= 15 is 0 Å². The Morgan fingerprint density at radius 3 is 2.25 bits per heavy atom. The molecule has 0 radical (unpaired) electrons. The molecule has 0 saturated carbocycles. The fourth-order valence-corrected chi connectivity index (χ4v) is 4.42. The highest BCUT2D eigenvalue weighted by atomic mass is 32.2. The Labute approximate surface area is 185 Å². The number of ether oxygens (including phenoxy) is 1. The number of sulfonamides is 1. The second-order valence-corrected chi connectivity index (χ2v) is 8.45. The van der Waals surface area contributed by atoms with E-state index in [4.69, 9.17) is 4.74 Å². The zero-order valence-electron chi connectivity index (χ0n) is 17.2. The van der Waals surface area contributed by atoms with Gasteiger partial charge in [-0.3, -0.25) is 9.10 Å². The molecule has 166 valence electrons. The summed E-state index contributed by atoms with van der Waals surface area (Å²) in [5.74, 6) is -2.19. The second kappa shape index (κ2) is 10.1. The van der Waals surface area contributed by atoms with E-state index in [-0.39, 0.29) is 28.4 Å². The number of esters is 1. The number of halogens is 1. The van der Waals surface area contributed by atoms with Gasteiger partial charge in [-0.2, -0.15) is 0 Å². The molecule has 32 heavy (non-hydrogen) atoms. The van der Waals surface area contributed by atoms with Gasteiger partial charge in [-0.15, -0.1) is 0 Å². The van der Waals surface area contributed by atoms with Crippen LogP contribution in [0, 0.1) is 5.82 Å². The van der Waals surface area contributed by atoms with E-state index in [0.717, 1.165) is 6.07 Å². The molecule has 0 spiro atoms. The quantitative estimate of drug-likeness (QED) is 0.520. The molecular formula is C23H21FN2O5S. The molecular weight excluding hydrogens is 435 g/mol. The number of benzene rings is 3. The molecule has 9 heteroatoms. The maximum Gasteiger partial charge on any atom is 0.340 e. The minimum Gasteiger partial charge on any atom is -0.462 e. The molecule has 3 aromatic rings. The summed E-state index contributed by atoms with van der Waals surface area (Å²) < 4.78 is 46.7. The average molecular weight is 456 g/mol. The van der Waals surface area contributed by atoms with E-state index in [1.165, 1.54) is 54.6 Å². The van der Waals surface area contributed by atoms with Gasteiger partial charge < -0.3 is 10.1 Å². The molecule has 0 atom stereocenters. The lowest BCUT2D eigenvalue weighted by atomic mass is 10.2. The van der Waals surface area contributed by atoms with Gasteiger partial charge in [0.05, 0.1) is 28.4 Å².